The SMILES string of the molecule is COc1cc(C(=O)Nc2nnc(C34CC5CC(CC(C5)C3)C4)s2)cc(Cl)c1OC. The first-order valence-electron chi connectivity index (χ1n) is 10.1. The van der Waals surface area contributed by atoms with Crippen molar-refractivity contribution in [3.63, 3.8) is 0 Å². The maximum absolute atomic E-state index is 12.8. The monoisotopic (exact) mass is 433 g/mol. The number of carbonyl (C=O) groups is 1. The van der Waals surface area contributed by atoms with Crippen molar-refractivity contribution in [1.29, 1.82) is 0 Å². The first-order valence-corrected chi connectivity index (χ1v) is 11.3. The molecule has 1 aromatic heterocycles. The predicted octanol–water partition coefficient (Wildman–Crippen LogP) is 4.93. The summed E-state index contributed by atoms with van der Waals surface area (Å²) >= 11 is 7.75. The molecule has 4 saturated carbocycles. The van der Waals surface area contributed by atoms with Crippen LogP contribution in [0, 0.1) is 17.8 Å². The summed E-state index contributed by atoms with van der Waals surface area (Å²) in [7, 11) is 3.02. The second kappa shape index (κ2) is 7.13. The quantitative estimate of drug-likeness (QED) is 0.723. The molecular weight excluding hydrogens is 410 g/mol. The second-order valence-electron chi connectivity index (χ2n) is 8.76. The lowest BCUT2D eigenvalue weighted by molar-refractivity contribution is -0.00555. The number of nitrogens with one attached hydrogen (secondary N) is 1. The third-order valence-electron chi connectivity index (χ3n) is 6.83. The van der Waals surface area contributed by atoms with E-state index in [0.717, 1.165) is 22.8 Å². The number of methoxy groups -OCH3 is 2. The fraction of sp³-hybridized carbons (Fsp3) is 0.571. The third-order valence-corrected chi connectivity index (χ3v) is 8.20. The van der Waals surface area contributed by atoms with E-state index in [-0.39, 0.29) is 11.3 Å². The van der Waals surface area contributed by atoms with Crippen molar-refractivity contribution in [3.05, 3.63) is 27.7 Å². The van der Waals surface area contributed by atoms with Gasteiger partial charge in [-0.1, -0.05) is 22.9 Å². The molecule has 154 valence electrons. The van der Waals surface area contributed by atoms with Crippen LogP contribution in [0.3, 0.4) is 0 Å². The van der Waals surface area contributed by atoms with E-state index < -0.39 is 0 Å². The Labute approximate surface area is 179 Å². The Morgan fingerprint density at radius 3 is 2.34 bits per heavy atom. The number of nitrogens with zero attached hydrogens (tertiary/aromatic N) is 2. The van der Waals surface area contributed by atoms with Gasteiger partial charge in [0.15, 0.2) is 11.5 Å². The maximum Gasteiger partial charge on any atom is 0.257 e. The van der Waals surface area contributed by atoms with E-state index in [2.05, 4.69) is 15.5 Å². The molecular formula is C21H24ClN3O3S. The number of carbonyl (C=O) groups excluding carboxylic acids is 1. The van der Waals surface area contributed by atoms with E-state index >= 15 is 0 Å². The topological polar surface area (TPSA) is 73.3 Å². The van der Waals surface area contributed by atoms with Crippen molar-refractivity contribution < 1.29 is 14.3 Å². The van der Waals surface area contributed by atoms with Crippen molar-refractivity contribution in [1.82, 2.24) is 10.2 Å². The van der Waals surface area contributed by atoms with Gasteiger partial charge in [0.25, 0.3) is 5.91 Å². The average Bonchev–Trinajstić information content (AvgIpc) is 3.15. The molecule has 0 spiro atoms. The molecule has 1 amide bonds. The number of amides is 1. The summed E-state index contributed by atoms with van der Waals surface area (Å²) in [4.78, 5) is 12.8. The van der Waals surface area contributed by atoms with Crippen molar-refractivity contribution in [3.8, 4) is 11.5 Å². The van der Waals surface area contributed by atoms with Gasteiger partial charge in [-0.25, -0.2) is 0 Å². The minimum absolute atomic E-state index is 0.183. The van der Waals surface area contributed by atoms with Crippen molar-refractivity contribution in [2.45, 2.75) is 43.9 Å². The molecule has 0 radical (unpaired) electrons. The summed E-state index contributed by atoms with van der Waals surface area (Å²) in [6.07, 6.45) is 7.86. The largest absolute Gasteiger partial charge is 0.493 e. The van der Waals surface area contributed by atoms with Gasteiger partial charge in [-0.3, -0.25) is 10.1 Å². The van der Waals surface area contributed by atoms with Crippen LogP contribution >= 0.6 is 22.9 Å². The number of rotatable bonds is 5. The fourth-order valence-corrected chi connectivity index (χ4v) is 7.32. The molecule has 6 rings (SSSR count). The molecule has 1 N–H and O–H groups in total. The maximum atomic E-state index is 12.8. The molecule has 2 aromatic rings. The molecule has 4 bridgehead atoms. The summed E-state index contributed by atoms with van der Waals surface area (Å²) in [5, 5.41) is 13.6. The van der Waals surface area contributed by atoms with Crippen LogP contribution in [0.25, 0.3) is 0 Å². The van der Waals surface area contributed by atoms with Crippen molar-refractivity contribution in [2.24, 2.45) is 17.8 Å². The number of hydrogen-bond acceptors (Lipinski definition) is 6. The summed E-state index contributed by atoms with van der Waals surface area (Å²) < 4.78 is 10.5. The summed E-state index contributed by atoms with van der Waals surface area (Å²) in [6, 6.07) is 3.18. The van der Waals surface area contributed by atoms with Crippen LogP contribution in [0.2, 0.25) is 5.02 Å². The zero-order valence-corrected chi connectivity index (χ0v) is 18.1. The Balaban J connectivity index is 1.36. The van der Waals surface area contributed by atoms with Crippen LogP contribution in [0.5, 0.6) is 11.5 Å². The fourth-order valence-electron chi connectivity index (χ4n) is 6.08. The lowest BCUT2D eigenvalue weighted by atomic mass is 9.50. The minimum atomic E-state index is -0.291. The van der Waals surface area contributed by atoms with E-state index in [0.29, 0.717) is 27.2 Å². The molecule has 4 aliphatic rings. The summed E-state index contributed by atoms with van der Waals surface area (Å²) in [5.41, 5.74) is 0.571. The summed E-state index contributed by atoms with van der Waals surface area (Å²) in [5.74, 6) is 3.06. The van der Waals surface area contributed by atoms with Crippen LogP contribution < -0.4 is 14.8 Å². The van der Waals surface area contributed by atoms with Gasteiger partial charge in [0.2, 0.25) is 5.13 Å². The van der Waals surface area contributed by atoms with E-state index in [1.165, 1.54) is 64.1 Å². The first kappa shape index (κ1) is 19.1. The lowest BCUT2D eigenvalue weighted by Gasteiger charge is -2.55. The number of ether oxygens (including phenoxy) is 2. The zero-order chi connectivity index (χ0) is 20.2. The van der Waals surface area contributed by atoms with E-state index in [1.807, 2.05) is 0 Å². The molecule has 0 unspecified atom stereocenters. The molecule has 4 aliphatic carbocycles. The Morgan fingerprint density at radius 1 is 1.10 bits per heavy atom. The molecule has 8 heteroatoms. The van der Waals surface area contributed by atoms with E-state index in [9.17, 15) is 4.79 Å². The van der Waals surface area contributed by atoms with Gasteiger partial charge in [-0.15, -0.1) is 10.2 Å². The molecule has 0 atom stereocenters. The normalized spacial score (nSPS) is 29.7. The van der Waals surface area contributed by atoms with Crippen LogP contribution in [-0.4, -0.2) is 30.3 Å². The van der Waals surface area contributed by atoms with Gasteiger partial charge < -0.3 is 9.47 Å². The van der Waals surface area contributed by atoms with Gasteiger partial charge in [0.05, 0.1) is 19.2 Å². The van der Waals surface area contributed by atoms with E-state index in [1.54, 1.807) is 12.1 Å². The molecule has 1 aromatic carbocycles. The standard InChI is InChI=1S/C21H24ClN3O3S/c1-27-16-7-14(6-15(22)17(16)28-2)18(26)23-20-25-24-19(29-20)21-8-11-3-12(9-21)5-13(4-11)10-21/h6-7,11-13H,3-5,8-10H2,1-2H3,(H,23,25,26). The first-order chi connectivity index (χ1) is 14.0. The van der Waals surface area contributed by atoms with Crippen molar-refractivity contribution in [2.75, 3.05) is 19.5 Å². The second-order valence-corrected chi connectivity index (χ2v) is 10.1. The van der Waals surface area contributed by atoms with Crippen LogP contribution in [0.15, 0.2) is 12.1 Å². The number of benzene rings is 1. The molecule has 0 aliphatic heterocycles. The number of aromatic nitrogens is 2. The zero-order valence-electron chi connectivity index (χ0n) is 16.5. The van der Waals surface area contributed by atoms with Gasteiger partial charge in [0, 0.05) is 11.0 Å². The third kappa shape index (κ3) is 3.28. The minimum Gasteiger partial charge on any atom is -0.493 e. The molecule has 6 nitrogen and oxygen atoms in total. The molecule has 0 saturated heterocycles. The van der Waals surface area contributed by atoms with E-state index in [4.69, 9.17) is 21.1 Å². The Bertz CT molecular complexity index is 925. The van der Waals surface area contributed by atoms with Crippen LogP contribution in [-0.2, 0) is 5.41 Å². The predicted molar refractivity (Wildman–Crippen MR) is 112 cm³/mol. The number of hydrogen-bond donors (Lipinski definition) is 1. The number of anilines is 1. The average molecular weight is 434 g/mol. The van der Waals surface area contributed by atoms with Gasteiger partial charge in [-0.2, -0.15) is 0 Å². The lowest BCUT2D eigenvalue weighted by Crippen LogP contribution is -2.48. The highest BCUT2D eigenvalue weighted by molar-refractivity contribution is 7.15. The smallest absolute Gasteiger partial charge is 0.257 e. The van der Waals surface area contributed by atoms with Crippen LogP contribution in [0.1, 0.15) is 53.9 Å². The Morgan fingerprint density at radius 2 is 1.76 bits per heavy atom. The molecule has 29 heavy (non-hydrogen) atoms. The van der Waals surface area contributed by atoms with Crippen molar-refractivity contribution >= 4 is 34.0 Å². The molecule has 1 heterocycles. The highest BCUT2D eigenvalue weighted by Gasteiger charge is 2.53. The Hall–Kier alpha value is -1.86. The van der Waals surface area contributed by atoms with Gasteiger partial charge in [-0.05, 0) is 68.4 Å². The summed E-state index contributed by atoms with van der Waals surface area (Å²) in [6.45, 7) is 0. The highest BCUT2D eigenvalue weighted by Crippen LogP contribution is 2.61. The highest BCUT2D eigenvalue weighted by atomic mass is 35.5. The van der Waals surface area contributed by atoms with Crippen LogP contribution in [0.4, 0.5) is 5.13 Å². The van der Waals surface area contributed by atoms with Gasteiger partial charge >= 0.3 is 0 Å². The number of halogens is 1. The van der Waals surface area contributed by atoms with Gasteiger partial charge in [0.1, 0.15) is 5.01 Å². The Kier molecular flexibility index (Phi) is 4.70. The molecule has 4 fully saturated rings.